The number of nitrogens with one attached hydrogen (secondary N) is 2. The smallest absolute Gasteiger partial charge is 0.259 e. The number of H-pyrrole nitrogens is 1. The molecule has 2 N–H and O–H groups in total. The van der Waals surface area contributed by atoms with Gasteiger partial charge in [0, 0.05) is 18.1 Å². The minimum atomic E-state index is -0.533. The standard InChI is InChI=1S/C19H14N2O4/c1-11(23)20-17-9-16-13(7-14(17)10-22)8-15(19(25)21-16)18(24)12-5-3-2-4-6-12/h2-10H,1H3,(H,20,23)(H,21,25). The molecule has 0 saturated carbocycles. The predicted octanol–water partition coefficient (Wildman–Crippen LogP) is 2.53. The van der Waals surface area contributed by atoms with Crippen molar-refractivity contribution in [2.45, 2.75) is 6.92 Å². The lowest BCUT2D eigenvalue weighted by atomic mass is 10.0. The van der Waals surface area contributed by atoms with Gasteiger partial charge in [0.1, 0.15) is 0 Å². The number of carbonyl (C=O) groups is 3. The number of aldehydes is 1. The zero-order valence-electron chi connectivity index (χ0n) is 13.3. The normalized spacial score (nSPS) is 10.4. The Morgan fingerprint density at radius 3 is 2.44 bits per heavy atom. The monoisotopic (exact) mass is 334 g/mol. The fraction of sp³-hybridized carbons (Fsp3) is 0.0526. The van der Waals surface area contributed by atoms with E-state index in [-0.39, 0.29) is 17.0 Å². The number of benzene rings is 2. The van der Waals surface area contributed by atoms with Crippen LogP contribution in [0, 0.1) is 0 Å². The first-order valence-corrected chi connectivity index (χ1v) is 7.53. The van der Waals surface area contributed by atoms with Crippen molar-refractivity contribution in [2.75, 3.05) is 5.32 Å². The van der Waals surface area contributed by atoms with E-state index in [1.54, 1.807) is 30.3 Å². The maximum Gasteiger partial charge on any atom is 0.259 e. The van der Waals surface area contributed by atoms with Crippen LogP contribution in [0.5, 0.6) is 0 Å². The topological polar surface area (TPSA) is 96.1 Å². The molecule has 0 fully saturated rings. The second-order valence-corrected chi connectivity index (χ2v) is 5.53. The molecule has 1 heterocycles. The van der Waals surface area contributed by atoms with Crippen LogP contribution >= 0.6 is 0 Å². The summed E-state index contributed by atoms with van der Waals surface area (Å²) in [6.07, 6.45) is 0.606. The van der Waals surface area contributed by atoms with Gasteiger partial charge < -0.3 is 10.3 Å². The van der Waals surface area contributed by atoms with Crippen molar-refractivity contribution >= 4 is 34.6 Å². The highest BCUT2D eigenvalue weighted by molar-refractivity contribution is 6.10. The first-order chi connectivity index (χ1) is 12.0. The van der Waals surface area contributed by atoms with Gasteiger partial charge in [-0.3, -0.25) is 19.2 Å². The number of amides is 1. The van der Waals surface area contributed by atoms with Crippen LogP contribution in [0.1, 0.15) is 33.2 Å². The van der Waals surface area contributed by atoms with E-state index in [1.807, 2.05) is 0 Å². The molecule has 3 aromatic rings. The van der Waals surface area contributed by atoms with Crippen molar-refractivity contribution in [1.82, 2.24) is 4.98 Å². The largest absolute Gasteiger partial charge is 0.326 e. The first-order valence-electron chi connectivity index (χ1n) is 7.53. The van der Waals surface area contributed by atoms with Crippen molar-refractivity contribution < 1.29 is 14.4 Å². The number of aromatic nitrogens is 1. The number of anilines is 1. The number of hydrogen-bond donors (Lipinski definition) is 2. The summed E-state index contributed by atoms with van der Waals surface area (Å²) in [5.41, 5.74) is 0.833. The summed E-state index contributed by atoms with van der Waals surface area (Å²) in [4.78, 5) is 50.0. The molecule has 0 aliphatic rings. The van der Waals surface area contributed by atoms with Crippen molar-refractivity contribution in [1.29, 1.82) is 0 Å². The third-order valence-corrected chi connectivity index (χ3v) is 3.73. The second kappa shape index (κ2) is 6.52. The molecule has 0 aliphatic heterocycles. The van der Waals surface area contributed by atoms with Crippen LogP contribution in [0.4, 0.5) is 5.69 Å². The molecule has 1 aromatic heterocycles. The molecule has 6 nitrogen and oxygen atoms in total. The predicted molar refractivity (Wildman–Crippen MR) is 94.1 cm³/mol. The van der Waals surface area contributed by atoms with Crippen molar-refractivity contribution in [3.63, 3.8) is 0 Å². The molecule has 0 spiro atoms. The van der Waals surface area contributed by atoms with E-state index in [2.05, 4.69) is 10.3 Å². The van der Waals surface area contributed by atoms with Gasteiger partial charge in [0.2, 0.25) is 5.91 Å². The van der Waals surface area contributed by atoms with Gasteiger partial charge in [0.15, 0.2) is 12.1 Å². The van der Waals surface area contributed by atoms with Crippen LogP contribution in [-0.4, -0.2) is 23.0 Å². The molecular weight excluding hydrogens is 320 g/mol. The summed E-state index contributed by atoms with van der Waals surface area (Å²) in [6.45, 7) is 1.32. The highest BCUT2D eigenvalue weighted by Gasteiger charge is 2.15. The zero-order chi connectivity index (χ0) is 18.0. The van der Waals surface area contributed by atoms with Crippen LogP contribution in [0.15, 0.2) is 53.3 Å². The fourth-order valence-corrected chi connectivity index (χ4v) is 2.58. The van der Waals surface area contributed by atoms with Gasteiger partial charge in [-0.15, -0.1) is 0 Å². The number of pyridine rings is 1. The Morgan fingerprint density at radius 2 is 1.80 bits per heavy atom. The van der Waals surface area contributed by atoms with Crippen molar-refractivity contribution in [3.8, 4) is 0 Å². The molecule has 124 valence electrons. The molecule has 0 aliphatic carbocycles. The van der Waals surface area contributed by atoms with E-state index in [4.69, 9.17) is 0 Å². The van der Waals surface area contributed by atoms with E-state index >= 15 is 0 Å². The SMILES string of the molecule is CC(=O)Nc1cc2[nH]c(=O)c(C(=O)c3ccccc3)cc2cc1C=O. The van der Waals surface area contributed by atoms with Gasteiger partial charge in [-0.25, -0.2) is 0 Å². The van der Waals surface area contributed by atoms with Gasteiger partial charge in [-0.05, 0) is 23.6 Å². The van der Waals surface area contributed by atoms with E-state index in [0.717, 1.165) is 0 Å². The molecule has 0 radical (unpaired) electrons. The molecule has 0 unspecified atom stereocenters. The zero-order valence-corrected chi connectivity index (χ0v) is 13.3. The Morgan fingerprint density at radius 1 is 1.08 bits per heavy atom. The quantitative estimate of drug-likeness (QED) is 0.566. The van der Waals surface area contributed by atoms with Crippen LogP contribution in [0.3, 0.4) is 0 Å². The number of carbonyl (C=O) groups excluding carboxylic acids is 3. The van der Waals surface area contributed by atoms with Crippen LogP contribution in [-0.2, 0) is 4.79 Å². The van der Waals surface area contributed by atoms with Crippen molar-refractivity contribution in [3.05, 3.63) is 75.6 Å². The Bertz CT molecular complexity index is 1050. The summed E-state index contributed by atoms with van der Waals surface area (Å²) < 4.78 is 0. The molecular formula is C19H14N2O4. The summed E-state index contributed by atoms with van der Waals surface area (Å²) >= 11 is 0. The third kappa shape index (κ3) is 3.23. The van der Waals surface area contributed by atoms with E-state index in [9.17, 15) is 19.2 Å². The maximum atomic E-state index is 12.5. The van der Waals surface area contributed by atoms with E-state index < -0.39 is 11.3 Å². The average molecular weight is 334 g/mol. The summed E-state index contributed by atoms with van der Waals surface area (Å²) in [5.74, 6) is -0.733. The molecule has 0 saturated heterocycles. The van der Waals surface area contributed by atoms with E-state index in [0.29, 0.717) is 28.4 Å². The number of hydrogen-bond acceptors (Lipinski definition) is 4. The molecule has 1 amide bonds. The fourth-order valence-electron chi connectivity index (χ4n) is 2.58. The lowest BCUT2D eigenvalue weighted by molar-refractivity contribution is -0.114. The molecule has 3 rings (SSSR count). The van der Waals surface area contributed by atoms with Gasteiger partial charge in [0.05, 0.1) is 16.8 Å². The maximum absolute atomic E-state index is 12.5. The molecule has 6 heteroatoms. The molecule has 0 atom stereocenters. The molecule has 0 bridgehead atoms. The first kappa shape index (κ1) is 16.3. The van der Waals surface area contributed by atoms with Crippen LogP contribution in [0.2, 0.25) is 0 Å². The Labute approximate surface area is 142 Å². The van der Waals surface area contributed by atoms with Gasteiger partial charge in [-0.2, -0.15) is 0 Å². The minimum Gasteiger partial charge on any atom is -0.326 e. The highest BCUT2D eigenvalue weighted by Crippen LogP contribution is 2.22. The number of ketones is 1. The third-order valence-electron chi connectivity index (χ3n) is 3.73. The lowest BCUT2D eigenvalue weighted by Crippen LogP contribution is -2.18. The molecule has 2 aromatic carbocycles. The second-order valence-electron chi connectivity index (χ2n) is 5.53. The summed E-state index contributed by atoms with van der Waals surface area (Å²) in [6, 6.07) is 12.9. The highest BCUT2D eigenvalue weighted by atomic mass is 16.2. The van der Waals surface area contributed by atoms with E-state index in [1.165, 1.54) is 25.1 Å². The minimum absolute atomic E-state index is 0.0113. The number of rotatable bonds is 4. The van der Waals surface area contributed by atoms with Gasteiger partial charge in [-0.1, -0.05) is 30.3 Å². The summed E-state index contributed by atoms with van der Waals surface area (Å²) in [7, 11) is 0. The van der Waals surface area contributed by atoms with Gasteiger partial charge >= 0.3 is 0 Å². The Hall–Kier alpha value is -3.54. The summed E-state index contributed by atoms with van der Waals surface area (Å²) in [5, 5.41) is 3.06. The van der Waals surface area contributed by atoms with Gasteiger partial charge in [0.25, 0.3) is 5.56 Å². The van der Waals surface area contributed by atoms with Crippen LogP contribution in [0.25, 0.3) is 10.9 Å². The molecule has 25 heavy (non-hydrogen) atoms. The number of fused-ring (bicyclic) bond motifs is 1. The lowest BCUT2D eigenvalue weighted by Gasteiger charge is -2.09. The number of aromatic amines is 1. The Kier molecular flexibility index (Phi) is 4.26. The average Bonchev–Trinajstić information content (AvgIpc) is 2.60. The Balaban J connectivity index is 2.16. The van der Waals surface area contributed by atoms with Crippen LogP contribution < -0.4 is 10.9 Å². The van der Waals surface area contributed by atoms with Crippen molar-refractivity contribution in [2.24, 2.45) is 0 Å².